The van der Waals surface area contributed by atoms with E-state index in [0.29, 0.717) is 32.0 Å². The molecule has 2 aliphatic heterocycles. The molecule has 4 heterocycles. The number of hydrogen-bond donors (Lipinski definition) is 0. The van der Waals surface area contributed by atoms with Crippen molar-refractivity contribution in [3.63, 3.8) is 0 Å². The van der Waals surface area contributed by atoms with Gasteiger partial charge in [-0.3, -0.25) is 4.79 Å². The van der Waals surface area contributed by atoms with Crippen molar-refractivity contribution in [1.29, 1.82) is 0 Å². The zero-order valence-electron chi connectivity index (χ0n) is 14.4. The highest BCUT2D eigenvalue weighted by Gasteiger charge is 2.50. The average molecular weight is 380 g/mol. The number of rotatable bonds is 4. The van der Waals surface area contributed by atoms with Crippen LogP contribution in [0.15, 0.2) is 10.8 Å². The van der Waals surface area contributed by atoms with Crippen LogP contribution in [0.5, 0.6) is 0 Å². The van der Waals surface area contributed by atoms with Gasteiger partial charge in [0.2, 0.25) is 0 Å². The largest absolute Gasteiger partial charge is 0.372 e. The molecule has 2 aliphatic rings. The Hall–Kier alpha value is -1.35. The topological polar surface area (TPSA) is 64.6 Å². The average Bonchev–Trinajstić information content (AvgIpc) is 3.18. The molecule has 1 atom stereocenters. The zero-order valence-corrected chi connectivity index (χ0v) is 16.0. The van der Waals surface area contributed by atoms with Crippen molar-refractivity contribution in [2.45, 2.75) is 45.0 Å². The Bertz CT molecular complexity index is 767. The number of thiazole rings is 2. The van der Waals surface area contributed by atoms with Crippen LogP contribution in [0, 0.1) is 13.8 Å². The molecule has 2 aromatic rings. The summed E-state index contributed by atoms with van der Waals surface area (Å²) < 4.78 is 12.1. The van der Waals surface area contributed by atoms with Gasteiger partial charge in [-0.05, 0) is 20.3 Å². The molecule has 6 nitrogen and oxygen atoms in total. The number of carbonyl (C=O) groups is 1. The normalized spacial score (nSPS) is 22.2. The van der Waals surface area contributed by atoms with Crippen molar-refractivity contribution in [1.82, 2.24) is 14.9 Å². The minimum atomic E-state index is -0.248. The van der Waals surface area contributed by atoms with Crippen molar-refractivity contribution >= 4 is 28.6 Å². The second-order valence-electron chi connectivity index (χ2n) is 6.73. The molecule has 2 fully saturated rings. The van der Waals surface area contributed by atoms with Gasteiger partial charge in [-0.15, -0.1) is 22.7 Å². The third kappa shape index (κ3) is 3.62. The van der Waals surface area contributed by atoms with Crippen LogP contribution in [0.25, 0.3) is 0 Å². The first kappa shape index (κ1) is 17.1. The summed E-state index contributed by atoms with van der Waals surface area (Å²) in [7, 11) is 0. The van der Waals surface area contributed by atoms with E-state index in [9.17, 15) is 4.79 Å². The van der Waals surface area contributed by atoms with Crippen LogP contribution in [-0.2, 0) is 16.1 Å². The molecule has 0 bridgehead atoms. The van der Waals surface area contributed by atoms with Crippen LogP contribution >= 0.6 is 22.7 Å². The van der Waals surface area contributed by atoms with E-state index >= 15 is 0 Å². The lowest BCUT2D eigenvalue weighted by Crippen LogP contribution is -2.67. The van der Waals surface area contributed by atoms with E-state index in [4.69, 9.17) is 9.47 Å². The molecule has 2 saturated heterocycles. The minimum absolute atomic E-state index is 0.000403. The van der Waals surface area contributed by atoms with Crippen molar-refractivity contribution in [2.24, 2.45) is 0 Å². The number of ether oxygens (including phenoxy) is 2. The summed E-state index contributed by atoms with van der Waals surface area (Å²) in [5.74, 6) is -0.000403. The van der Waals surface area contributed by atoms with Gasteiger partial charge in [0.25, 0.3) is 5.91 Å². The summed E-state index contributed by atoms with van der Waals surface area (Å²) in [6.45, 7) is 6.39. The smallest absolute Gasteiger partial charge is 0.273 e. The van der Waals surface area contributed by atoms with Gasteiger partial charge in [-0.25, -0.2) is 9.97 Å². The van der Waals surface area contributed by atoms with Crippen molar-refractivity contribution in [3.05, 3.63) is 32.2 Å². The van der Waals surface area contributed by atoms with E-state index in [1.807, 2.05) is 29.5 Å². The van der Waals surface area contributed by atoms with E-state index in [0.717, 1.165) is 28.6 Å². The Kier molecular flexibility index (Phi) is 4.61. The summed E-state index contributed by atoms with van der Waals surface area (Å²) in [4.78, 5) is 23.0. The lowest BCUT2D eigenvalue weighted by atomic mass is 9.84. The van der Waals surface area contributed by atoms with Crippen LogP contribution in [-0.4, -0.2) is 52.2 Å². The molecule has 1 amide bonds. The van der Waals surface area contributed by atoms with E-state index in [-0.39, 0.29) is 17.6 Å². The van der Waals surface area contributed by atoms with Gasteiger partial charge in [0, 0.05) is 23.8 Å². The maximum Gasteiger partial charge on any atom is 0.273 e. The van der Waals surface area contributed by atoms with Gasteiger partial charge in [0.15, 0.2) is 0 Å². The van der Waals surface area contributed by atoms with Crippen molar-refractivity contribution in [3.8, 4) is 0 Å². The van der Waals surface area contributed by atoms with Gasteiger partial charge in [0.1, 0.15) is 11.3 Å². The van der Waals surface area contributed by atoms with Crippen LogP contribution < -0.4 is 0 Å². The molecule has 0 saturated carbocycles. The van der Waals surface area contributed by atoms with Crippen molar-refractivity contribution < 1.29 is 14.3 Å². The number of aromatic nitrogens is 2. The Labute approximate surface area is 154 Å². The molecule has 0 aliphatic carbocycles. The summed E-state index contributed by atoms with van der Waals surface area (Å²) in [6.07, 6.45) is 1.88. The standard InChI is InChI=1S/C17H21N3O3S2/c1-11-18-13(7-24-11)6-22-14-3-4-23-17(5-14)9-20(10-17)16(21)15-8-25-12(2)19-15/h7-8,14H,3-6,9-10H2,1-2H3/t14-/m1/s1. The Morgan fingerprint density at radius 2 is 2.08 bits per heavy atom. The molecule has 8 heteroatoms. The first-order chi connectivity index (χ1) is 12.0. The fourth-order valence-corrected chi connectivity index (χ4v) is 4.62. The maximum atomic E-state index is 12.4. The number of aryl methyl sites for hydroxylation is 2. The zero-order chi connectivity index (χ0) is 17.4. The van der Waals surface area contributed by atoms with Gasteiger partial charge >= 0.3 is 0 Å². The molecule has 1 spiro atoms. The van der Waals surface area contributed by atoms with Crippen LogP contribution in [0.4, 0.5) is 0 Å². The fourth-order valence-electron chi connectivity index (χ4n) is 3.44. The molecule has 0 radical (unpaired) electrons. The van der Waals surface area contributed by atoms with E-state index in [2.05, 4.69) is 9.97 Å². The first-order valence-electron chi connectivity index (χ1n) is 8.41. The Balaban J connectivity index is 1.30. The van der Waals surface area contributed by atoms with Gasteiger partial charge in [-0.1, -0.05) is 0 Å². The molecule has 4 rings (SSSR count). The van der Waals surface area contributed by atoms with E-state index in [1.165, 1.54) is 11.3 Å². The summed E-state index contributed by atoms with van der Waals surface area (Å²) >= 11 is 3.15. The number of likely N-dealkylation sites (tertiary alicyclic amines) is 1. The SMILES string of the molecule is Cc1nc(CO[C@@H]2CCOC3(C2)CN(C(=O)c2csc(C)n2)C3)cs1. The van der Waals surface area contributed by atoms with Gasteiger partial charge < -0.3 is 14.4 Å². The van der Waals surface area contributed by atoms with Crippen LogP contribution in [0.3, 0.4) is 0 Å². The van der Waals surface area contributed by atoms with Crippen molar-refractivity contribution in [2.75, 3.05) is 19.7 Å². The molecule has 0 unspecified atom stereocenters. The number of hydrogen-bond acceptors (Lipinski definition) is 7. The molecule has 0 aromatic carbocycles. The second kappa shape index (κ2) is 6.75. The van der Waals surface area contributed by atoms with E-state index in [1.54, 1.807) is 11.3 Å². The molecule has 134 valence electrons. The fraction of sp³-hybridized carbons (Fsp3) is 0.588. The van der Waals surface area contributed by atoms with Crippen LogP contribution in [0.1, 0.15) is 39.0 Å². The second-order valence-corrected chi connectivity index (χ2v) is 8.85. The quantitative estimate of drug-likeness (QED) is 0.817. The van der Waals surface area contributed by atoms with Crippen LogP contribution in [0.2, 0.25) is 0 Å². The Morgan fingerprint density at radius 3 is 2.76 bits per heavy atom. The molecular formula is C17H21N3O3S2. The lowest BCUT2D eigenvalue weighted by molar-refractivity contribution is -0.188. The predicted molar refractivity (Wildman–Crippen MR) is 96.1 cm³/mol. The van der Waals surface area contributed by atoms with Gasteiger partial charge in [0.05, 0.1) is 41.5 Å². The monoisotopic (exact) mass is 379 g/mol. The maximum absolute atomic E-state index is 12.4. The molecule has 25 heavy (non-hydrogen) atoms. The highest BCUT2D eigenvalue weighted by atomic mass is 32.1. The van der Waals surface area contributed by atoms with Gasteiger partial charge in [-0.2, -0.15) is 0 Å². The third-order valence-corrected chi connectivity index (χ3v) is 6.26. The highest BCUT2D eigenvalue weighted by Crippen LogP contribution is 2.36. The predicted octanol–water partition coefficient (Wildman–Crippen LogP) is 2.81. The third-order valence-electron chi connectivity index (χ3n) is 4.66. The number of carbonyl (C=O) groups excluding carboxylic acids is 1. The molecule has 0 N–H and O–H groups in total. The molecular weight excluding hydrogens is 358 g/mol. The highest BCUT2D eigenvalue weighted by molar-refractivity contribution is 7.09. The Morgan fingerprint density at radius 1 is 1.32 bits per heavy atom. The number of amides is 1. The summed E-state index contributed by atoms with van der Waals surface area (Å²) in [5.41, 5.74) is 1.29. The first-order valence-corrected chi connectivity index (χ1v) is 10.2. The summed E-state index contributed by atoms with van der Waals surface area (Å²) in [6, 6.07) is 0. The lowest BCUT2D eigenvalue weighted by Gasteiger charge is -2.52. The molecule has 2 aromatic heterocycles. The van der Waals surface area contributed by atoms with E-state index < -0.39 is 0 Å². The minimum Gasteiger partial charge on any atom is -0.372 e. The number of nitrogens with zero attached hydrogens (tertiary/aromatic N) is 3. The summed E-state index contributed by atoms with van der Waals surface area (Å²) in [5, 5.41) is 5.85.